The average molecular weight is 292 g/mol. The number of amides is 1. The quantitative estimate of drug-likeness (QED) is 0.516. The second-order valence-electron chi connectivity index (χ2n) is 3.96. The molecule has 0 fully saturated rings. The van der Waals surface area contributed by atoms with Gasteiger partial charge < -0.3 is 11.1 Å². The summed E-state index contributed by atoms with van der Waals surface area (Å²) in [5.74, 6) is -0.559. The monoisotopic (exact) mass is 291 g/mol. The molecular formula is C13H10ClN3O3. The Morgan fingerprint density at radius 2 is 1.95 bits per heavy atom. The summed E-state index contributed by atoms with van der Waals surface area (Å²) in [6, 6.07) is 10.4. The Bertz CT molecular complexity index is 688. The first-order valence-corrected chi connectivity index (χ1v) is 5.96. The third-order valence-electron chi connectivity index (χ3n) is 2.61. The molecule has 2 rings (SSSR count). The Morgan fingerprint density at radius 1 is 1.25 bits per heavy atom. The highest BCUT2D eigenvalue weighted by Crippen LogP contribution is 2.24. The number of rotatable bonds is 3. The highest BCUT2D eigenvalue weighted by Gasteiger charge is 2.16. The number of nitrogens with one attached hydrogen (secondary N) is 1. The van der Waals surface area contributed by atoms with E-state index in [-0.39, 0.29) is 16.3 Å². The van der Waals surface area contributed by atoms with Crippen LogP contribution in [0.5, 0.6) is 0 Å². The van der Waals surface area contributed by atoms with Crippen LogP contribution in [-0.2, 0) is 0 Å². The van der Waals surface area contributed by atoms with Crippen LogP contribution in [0.1, 0.15) is 10.4 Å². The number of hydrogen-bond donors (Lipinski definition) is 2. The molecule has 7 heteroatoms. The van der Waals surface area contributed by atoms with Gasteiger partial charge in [0.2, 0.25) is 0 Å². The standard InChI is InChI=1S/C13H10ClN3O3/c14-10-6-5-8(17(19)20)7-9(10)13(18)16-12-4-2-1-3-11(12)15/h1-7H,15H2,(H,16,18). The molecule has 0 unspecified atom stereocenters. The van der Waals surface area contributed by atoms with Crippen LogP contribution in [0, 0.1) is 10.1 Å². The van der Waals surface area contributed by atoms with Gasteiger partial charge in [-0.3, -0.25) is 14.9 Å². The van der Waals surface area contributed by atoms with Gasteiger partial charge in [-0.1, -0.05) is 23.7 Å². The van der Waals surface area contributed by atoms with Gasteiger partial charge in [0, 0.05) is 12.1 Å². The van der Waals surface area contributed by atoms with Gasteiger partial charge in [-0.15, -0.1) is 0 Å². The van der Waals surface area contributed by atoms with Crippen LogP contribution in [-0.4, -0.2) is 10.8 Å². The van der Waals surface area contributed by atoms with E-state index in [1.165, 1.54) is 12.1 Å². The minimum absolute atomic E-state index is 0.0177. The molecular weight excluding hydrogens is 282 g/mol. The van der Waals surface area contributed by atoms with Crippen molar-refractivity contribution in [2.45, 2.75) is 0 Å². The van der Waals surface area contributed by atoms with E-state index in [0.29, 0.717) is 11.4 Å². The van der Waals surface area contributed by atoms with Gasteiger partial charge in [-0.25, -0.2) is 0 Å². The number of nitrogen functional groups attached to an aromatic ring is 1. The Kier molecular flexibility index (Phi) is 3.86. The van der Waals surface area contributed by atoms with Crippen molar-refractivity contribution in [2.24, 2.45) is 0 Å². The smallest absolute Gasteiger partial charge is 0.270 e. The number of carbonyl (C=O) groups excluding carboxylic acids is 1. The van der Waals surface area contributed by atoms with Crippen LogP contribution in [0.3, 0.4) is 0 Å². The van der Waals surface area contributed by atoms with E-state index in [4.69, 9.17) is 17.3 Å². The molecule has 0 aliphatic rings. The Morgan fingerprint density at radius 3 is 2.60 bits per heavy atom. The molecule has 2 aromatic rings. The lowest BCUT2D eigenvalue weighted by atomic mass is 10.1. The molecule has 0 aliphatic heterocycles. The first kappa shape index (κ1) is 13.8. The number of nitrogens with two attached hydrogens (primary N) is 1. The fraction of sp³-hybridized carbons (Fsp3) is 0. The van der Waals surface area contributed by atoms with Crippen LogP contribution < -0.4 is 11.1 Å². The molecule has 3 N–H and O–H groups in total. The molecule has 0 saturated carbocycles. The summed E-state index contributed by atoms with van der Waals surface area (Å²) in [4.78, 5) is 22.2. The lowest BCUT2D eigenvalue weighted by Gasteiger charge is -2.08. The maximum atomic E-state index is 12.1. The molecule has 0 saturated heterocycles. The van der Waals surface area contributed by atoms with Crippen LogP contribution in [0.25, 0.3) is 0 Å². The topological polar surface area (TPSA) is 98.3 Å². The number of nitrogens with zero attached hydrogens (tertiary/aromatic N) is 1. The molecule has 20 heavy (non-hydrogen) atoms. The van der Waals surface area contributed by atoms with Gasteiger partial charge in [0.15, 0.2) is 0 Å². The minimum atomic E-state index is -0.593. The van der Waals surface area contributed by atoms with Gasteiger partial charge in [0.25, 0.3) is 11.6 Å². The molecule has 0 aliphatic carbocycles. The summed E-state index contributed by atoms with van der Waals surface area (Å²) in [5.41, 5.74) is 6.32. The second kappa shape index (κ2) is 5.58. The Balaban J connectivity index is 2.32. The van der Waals surface area contributed by atoms with E-state index in [0.717, 1.165) is 6.07 Å². The van der Waals surface area contributed by atoms with Crippen molar-refractivity contribution >= 4 is 34.6 Å². The highest BCUT2D eigenvalue weighted by atomic mass is 35.5. The average Bonchev–Trinajstić information content (AvgIpc) is 2.41. The third-order valence-corrected chi connectivity index (χ3v) is 2.94. The fourth-order valence-electron chi connectivity index (χ4n) is 1.60. The lowest BCUT2D eigenvalue weighted by molar-refractivity contribution is -0.384. The molecule has 0 bridgehead atoms. The Hall–Kier alpha value is -2.60. The van der Waals surface area contributed by atoms with E-state index in [9.17, 15) is 14.9 Å². The summed E-state index contributed by atoms with van der Waals surface area (Å²) in [5, 5.41) is 13.4. The van der Waals surface area contributed by atoms with Crippen molar-refractivity contribution in [3.05, 3.63) is 63.2 Å². The summed E-state index contributed by atoms with van der Waals surface area (Å²) in [6.07, 6.45) is 0. The molecule has 2 aromatic carbocycles. The maximum absolute atomic E-state index is 12.1. The molecule has 0 atom stereocenters. The number of nitro groups is 1. The first-order valence-electron chi connectivity index (χ1n) is 5.59. The van der Waals surface area contributed by atoms with Gasteiger partial charge in [-0.2, -0.15) is 0 Å². The van der Waals surface area contributed by atoms with Gasteiger partial charge >= 0.3 is 0 Å². The summed E-state index contributed by atoms with van der Waals surface area (Å²) in [6.45, 7) is 0. The molecule has 0 spiro atoms. The molecule has 1 amide bonds. The van der Waals surface area contributed by atoms with E-state index in [2.05, 4.69) is 5.32 Å². The largest absolute Gasteiger partial charge is 0.397 e. The molecule has 102 valence electrons. The van der Waals surface area contributed by atoms with E-state index >= 15 is 0 Å². The zero-order chi connectivity index (χ0) is 14.7. The van der Waals surface area contributed by atoms with Crippen molar-refractivity contribution < 1.29 is 9.72 Å². The normalized spacial score (nSPS) is 10.1. The Labute approximate surface area is 119 Å². The SMILES string of the molecule is Nc1ccccc1NC(=O)c1cc([N+](=O)[O-])ccc1Cl. The van der Waals surface area contributed by atoms with Gasteiger partial charge in [0.05, 0.1) is 26.9 Å². The number of anilines is 2. The first-order chi connectivity index (χ1) is 9.49. The molecule has 0 radical (unpaired) electrons. The summed E-state index contributed by atoms with van der Waals surface area (Å²) in [7, 11) is 0. The zero-order valence-corrected chi connectivity index (χ0v) is 10.9. The number of benzene rings is 2. The summed E-state index contributed by atoms with van der Waals surface area (Å²) >= 11 is 5.89. The number of para-hydroxylation sites is 2. The number of halogens is 1. The van der Waals surface area contributed by atoms with Gasteiger partial charge in [0.1, 0.15) is 0 Å². The lowest BCUT2D eigenvalue weighted by Crippen LogP contribution is -2.14. The van der Waals surface area contributed by atoms with Crippen molar-refractivity contribution in [3.8, 4) is 0 Å². The maximum Gasteiger partial charge on any atom is 0.270 e. The number of hydrogen-bond acceptors (Lipinski definition) is 4. The summed E-state index contributed by atoms with van der Waals surface area (Å²) < 4.78 is 0. The predicted octanol–water partition coefficient (Wildman–Crippen LogP) is 3.08. The molecule has 0 heterocycles. The van der Waals surface area contributed by atoms with Crippen molar-refractivity contribution in [1.29, 1.82) is 0 Å². The van der Waals surface area contributed by atoms with Crippen molar-refractivity contribution in [3.63, 3.8) is 0 Å². The van der Waals surface area contributed by atoms with E-state index in [1.807, 2.05) is 0 Å². The molecule has 0 aromatic heterocycles. The van der Waals surface area contributed by atoms with E-state index in [1.54, 1.807) is 24.3 Å². The van der Waals surface area contributed by atoms with Crippen molar-refractivity contribution in [1.82, 2.24) is 0 Å². The highest BCUT2D eigenvalue weighted by molar-refractivity contribution is 6.34. The van der Waals surface area contributed by atoms with Crippen molar-refractivity contribution in [2.75, 3.05) is 11.1 Å². The van der Waals surface area contributed by atoms with Gasteiger partial charge in [-0.05, 0) is 18.2 Å². The predicted molar refractivity (Wildman–Crippen MR) is 76.9 cm³/mol. The zero-order valence-electron chi connectivity index (χ0n) is 10.2. The number of non-ortho nitro benzene ring substituents is 1. The minimum Gasteiger partial charge on any atom is -0.397 e. The van der Waals surface area contributed by atoms with Crippen LogP contribution in [0.15, 0.2) is 42.5 Å². The fourth-order valence-corrected chi connectivity index (χ4v) is 1.80. The number of nitro benzene ring substituents is 1. The van der Waals surface area contributed by atoms with E-state index < -0.39 is 10.8 Å². The van der Waals surface area contributed by atoms with Crippen LogP contribution in [0.4, 0.5) is 17.1 Å². The van der Waals surface area contributed by atoms with Crippen LogP contribution >= 0.6 is 11.6 Å². The third kappa shape index (κ3) is 2.86. The van der Waals surface area contributed by atoms with Crippen LogP contribution in [0.2, 0.25) is 5.02 Å². The number of carbonyl (C=O) groups is 1. The molecule has 6 nitrogen and oxygen atoms in total. The second-order valence-corrected chi connectivity index (χ2v) is 4.37.